The maximum Gasteiger partial charge on any atom is 0.338 e. The molecule has 55 heavy (non-hydrogen) atoms. The highest BCUT2D eigenvalue weighted by Gasteiger charge is 2.48. The maximum atomic E-state index is 15.4. The molecule has 0 aliphatic carbocycles. The molecule has 1 atom stereocenters. The number of rotatable bonds is 23. The minimum absolute atomic E-state index is 0.0111. The summed E-state index contributed by atoms with van der Waals surface area (Å²) in [7, 11) is -2.11. The fourth-order valence-electron chi connectivity index (χ4n) is 7.86. The highest BCUT2D eigenvalue weighted by molar-refractivity contribution is 8.54. The predicted molar refractivity (Wildman–Crippen MR) is 232 cm³/mol. The average molecular weight is 787 g/mol. The van der Waals surface area contributed by atoms with Crippen LogP contribution in [0.2, 0.25) is 0 Å². The van der Waals surface area contributed by atoms with Crippen LogP contribution in [0.3, 0.4) is 0 Å². The van der Waals surface area contributed by atoms with Gasteiger partial charge in [0.2, 0.25) is 5.12 Å². The van der Waals surface area contributed by atoms with Crippen LogP contribution in [-0.2, 0) is 15.9 Å². The summed E-state index contributed by atoms with van der Waals surface area (Å²) < 4.78 is 11.8. The van der Waals surface area contributed by atoms with Crippen LogP contribution in [-0.4, -0.2) is 41.8 Å². The van der Waals surface area contributed by atoms with Gasteiger partial charge in [-0.05, 0) is 104 Å². The zero-order chi connectivity index (χ0) is 39.5. The molecule has 2 aromatic carbocycles. The van der Waals surface area contributed by atoms with Crippen molar-refractivity contribution in [2.75, 3.05) is 19.0 Å². The molecule has 8 heteroatoms. The number of ketones is 1. The number of Topliss-reactive ketones (excluding diaryl/α,β-unsaturated/α-hetero) is 1. The van der Waals surface area contributed by atoms with E-state index in [1.165, 1.54) is 42.2 Å². The Balaban J connectivity index is 1.82. The van der Waals surface area contributed by atoms with Gasteiger partial charge in [-0.2, -0.15) is 0 Å². The first-order valence-electron chi connectivity index (χ1n) is 21.1. The minimum atomic E-state index is -2.11. The lowest BCUT2D eigenvalue weighted by atomic mass is 9.84. The summed E-state index contributed by atoms with van der Waals surface area (Å²) in [6.45, 7) is 12.6. The normalized spacial score (nSPS) is 17.1. The summed E-state index contributed by atoms with van der Waals surface area (Å²) >= 11 is 1.54. The first kappa shape index (κ1) is 42.6. The van der Waals surface area contributed by atoms with E-state index >= 15 is 4.79 Å². The molecule has 0 bridgehead atoms. The van der Waals surface area contributed by atoms with Crippen LogP contribution in [0.5, 0.6) is 0 Å². The molecule has 0 saturated carbocycles. The molecule has 2 aliphatic rings. The van der Waals surface area contributed by atoms with Gasteiger partial charge in [-0.1, -0.05) is 92.4 Å². The zero-order valence-corrected chi connectivity index (χ0v) is 35.8. The number of unbranched alkanes of at least 4 members (excludes halogenated alkanes) is 9. The maximum absolute atomic E-state index is 15.4. The molecule has 0 amide bonds. The number of thiophene rings is 1. The Hall–Kier alpha value is -3.49. The molecule has 6 nitrogen and oxygen atoms in total. The third-order valence-corrected chi connectivity index (χ3v) is 15.5. The molecule has 0 N–H and O–H groups in total. The second kappa shape index (κ2) is 20.1. The second-order valence-electron chi connectivity index (χ2n) is 15.3. The molecule has 2 aliphatic heterocycles. The Labute approximate surface area is 334 Å². The molecule has 0 radical (unpaired) electrons. The van der Waals surface area contributed by atoms with Crippen molar-refractivity contribution in [3.8, 4) is 10.4 Å². The zero-order valence-electron chi connectivity index (χ0n) is 34.2. The number of hydrogen-bond donors (Lipinski definition) is 0. The Morgan fingerprint density at radius 2 is 1.25 bits per heavy atom. The average Bonchev–Trinajstić information content (AvgIpc) is 3.86. The van der Waals surface area contributed by atoms with E-state index in [2.05, 4.69) is 43.7 Å². The van der Waals surface area contributed by atoms with Crippen molar-refractivity contribution in [2.45, 2.75) is 144 Å². The first-order chi connectivity index (χ1) is 26.7. The van der Waals surface area contributed by atoms with Crippen LogP contribution >= 0.6 is 21.4 Å². The number of hydrogen-bond acceptors (Lipinski definition) is 7. The smallest absolute Gasteiger partial charge is 0.338 e. The highest BCUT2D eigenvalue weighted by atomic mass is 32.3. The number of esters is 2. The van der Waals surface area contributed by atoms with Crippen molar-refractivity contribution >= 4 is 59.9 Å². The molecule has 3 aromatic rings. The van der Waals surface area contributed by atoms with Gasteiger partial charge in [0.25, 0.3) is 0 Å². The number of fused-ring (bicyclic) bond motifs is 5. The molecule has 1 unspecified atom stereocenters. The minimum Gasteiger partial charge on any atom is -0.462 e. The van der Waals surface area contributed by atoms with E-state index < -0.39 is 22.0 Å². The van der Waals surface area contributed by atoms with Crippen molar-refractivity contribution < 1.29 is 28.7 Å². The first-order valence-corrected chi connectivity index (χ1v) is 23.8. The van der Waals surface area contributed by atoms with Crippen molar-refractivity contribution in [2.24, 2.45) is 0 Å². The number of allylic oxidation sites excluding steroid dienone is 2. The summed E-state index contributed by atoms with van der Waals surface area (Å²) in [5, 5.41) is 5.07. The van der Waals surface area contributed by atoms with Crippen LogP contribution in [0.4, 0.5) is 0 Å². The molecule has 0 saturated heterocycles. The van der Waals surface area contributed by atoms with E-state index in [9.17, 15) is 14.4 Å². The lowest BCUT2D eigenvalue weighted by Crippen LogP contribution is -2.16. The van der Waals surface area contributed by atoms with Gasteiger partial charge in [0.05, 0.1) is 24.3 Å². The van der Waals surface area contributed by atoms with Crippen LogP contribution in [0.1, 0.15) is 190 Å². The van der Waals surface area contributed by atoms with E-state index in [0.29, 0.717) is 51.6 Å². The summed E-state index contributed by atoms with van der Waals surface area (Å²) in [6.07, 6.45) is 18.1. The van der Waals surface area contributed by atoms with Crippen molar-refractivity contribution in [1.82, 2.24) is 0 Å². The number of carbonyl (C=O) groups excluding carboxylic acids is 4. The van der Waals surface area contributed by atoms with E-state index in [1.807, 2.05) is 19.9 Å². The number of aryl methyl sites for hydroxylation is 1. The van der Waals surface area contributed by atoms with Crippen molar-refractivity contribution in [3.63, 3.8) is 0 Å². The van der Waals surface area contributed by atoms with Crippen molar-refractivity contribution in [3.05, 3.63) is 74.0 Å². The largest absolute Gasteiger partial charge is 0.462 e. The molecule has 0 fully saturated rings. The molecule has 0 spiro atoms. The van der Waals surface area contributed by atoms with Gasteiger partial charge in [-0.25, -0.2) is 9.59 Å². The molecule has 298 valence electrons. The van der Waals surface area contributed by atoms with E-state index in [1.54, 1.807) is 6.07 Å². The predicted octanol–water partition coefficient (Wildman–Crippen LogP) is 13.8. The third kappa shape index (κ3) is 9.23. The molecular weight excluding hydrogens is 725 g/mol. The molecular formula is C47H62O6S2. The topological polar surface area (TPSA) is 86.7 Å². The lowest BCUT2D eigenvalue weighted by Gasteiger charge is -2.29. The molecule has 3 heterocycles. The quantitative estimate of drug-likeness (QED) is 0.0540. The van der Waals surface area contributed by atoms with Gasteiger partial charge >= 0.3 is 11.9 Å². The van der Waals surface area contributed by atoms with Gasteiger partial charge in [0, 0.05) is 42.8 Å². The van der Waals surface area contributed by atoms with E-state index in [4.69, 9.17) is 9.47 Å². The number of benzene rings is 2. The van der Waals surface area contributed by atoms with Gasteiger partial charge in [-0.15, -0.1) is 21.4 Å². The van der Waals surface area contributed by atoms with Gasteiger partial charge in [-0.3, -0.25) is 9.59 Å². The Bertz CT molecular complexity index is 1950. The third-order valence-electron chi connectivity index (χ3n) is 10.9. The summed E-state index contributed by atoms with van der Waals surface area (Å²) in [5.41, 5.74) is 4.89. The van der Waals surface area contributed by atoms with E-state index in [-0.39, 0.29) is 35.2 Å². The highest BCUT2D eigenvalue weighted by Crippen LogP contribution is 2.73. The Kier molecular flexibility index (Phi) is 15.6. The van der Waals surface area contributed by atoms with E-state index in [0.717, 1.165) is 86.8 Å². The van der Waals surface area contributed by atoms with Crippen LogP contribution in [0, 0.1) is 0 Å². The van der Waals surface area contributed by atoms with Crippen LogP contribution in [0.15, 0.2) is 40.6 Å². The van der Waals surface area contributed by atoms with Crippen molar-refractivity contribution in [1.29, 1.82) is 0 Å². The summed E-state index contributed by atoms with van der Waals surface area (Å²) in [4.78, 5) is 59.9. The monoisotopic (exact) mass is 786 g/mol. The molecule has 5 rings (SSSR count). The van der Waals surface area contributed by atoms with Gasteiger partial charge in [0.1, 0.15) is 0 Å². The number of ether oxygens (including phenoxy) is 2. The SMILES string of the molecule is CCCCCCC1=CS2(CCCC)C(=O)c3c(cc(C(=O)OCCCC)c4c(C(C)=O)c(-c5cc(CCCCCC)cs5)cc(C(=O)OCCCC)c34)C2=C1. The van der Waals surface area contributed by atoms with Crippen LogP contribution < -0.4 is 0 Å². The standard InChI is InChI=1S/C47H62O6S2/c1-7-12-17-19-21-33-26-39(54-30-33)35-28-37(45(49)52-23-14-9-3)43-42(41(35)32(6)48)38(46(50)53-24-15-10-4)29-36-40-27-34(22-20-18-13-8-2)31-55(40,25-16-11-5)47(51)44(36)43/h26-31H,7-25H2,1-6H3. The Morgan fingerprint density at radius 3 is 1.85 bits per heavy atom. The van der Waals surface area contributed by atoms with Crippen LogP contribution in [0.25, 0.3) is 26.1 Å². The summed E-state index contributed by atoms with van der Waals surface area (Å²) in [6, 6.07) is 5.70. The van der Waals surface area contributed by atoms with Gasteiger partial charge < -0.3 is 9.47 Å². The fourth-order valence-corrected chi connectivity index (χ4v) is 12.7. The Morgan fingerprint density at radius 1 is 0.673 bits per heavy atom. The molecule has 1 aromatic heterocycles. The second-order valence-corrected chi connectivity index (χ2v) is 19.2. The lowest BCUT2D eigenvalue weighted by molar-refractivity contribution is 0.0490. The number of carbonyl (C=O) groups is 4. The summed E-state index contributed by atoms with van der Waals surface area (Å²) in [5.74, 6) is -0.621. The van der Waals surface area contributed by atoms with Gasteiger partial charge in [0.15, 0.2) is 5.78 Å². The fraction of sp³-hybridized carbons (Fsp3) is 0.532.